The van der Waals surface area contributed by atoms with E-state index in [0.717, 1.165) is 0 Å². The number of nitrogens with zero attached hydrogens (tertiary/aromatic N) is 2. The fourth-order valence-electron chi connectivity index (χ4n) is 5.45. The molecule has 0 radical (unpaired) electrons. The highest BCUT2D eigenvalue weighted by Gasteiger charge is 2.37. The molecule has 0 bridgehead atoms. The number of ether oxygens (including phenoxy) is 2. The van der Waals surface area contributed by atoms with Crippen LogP contribution >= 0.6 is 0 Å². The van der Waals surface area contributed by atoms with Gasteiger partial charge in [-0.1, -0.05) is 38.1 Å². The second-order valence-electron chi connectivity index (χ2n) is 11.4. The van der Waals surface area contributed by atoms with Crippen LogP contribution in [0.1, 0.15) is 50.8 Å². The summed E-state index contributed by atoms with van der Waals surface area (Å²) in [5, 5.41) is 21.3. The highest BCUT2D eigenvalue weighted by molar-refractivity contribution is 5.92. The van der Waals surface area contributed by atoms with Crippen molar-refractivity contribution >= 4 is 17.9 Å². The molecular formula is C33H44F2N2O6. The highest BCUT2D eigenvalue weighted by Crippen LogP contribution is 2.36. The lowest BCUT2D eigenvalue weighted by molar-refractivity contribution is -0.138. The van der Waals surface area contributed by atoms with Crippen LogP contribution in [0, 0.1) is 23.5 Å². The molecule has 2 N–H and O–H groups in total. The van der Waals surface area contributed by atoms with Crippen LogP contribution in [0.4, 0.5) is 8.78 Å². The van der Waals surface area contributed by atoms with Gasteiger partial charge in [-0.2, -0.15) is 0 Å². The van der Waals surface area contributed by atoms with E-state index in [1.807, 2.05) is 13.8 Å². The minimum Gasteiger partial charge on any atom is -0.388 e. The zero-order valence-corrected chi connectivity index (χ0v) is 25.4. The largest absolute Gasteiger partial charge is 0.388 e. The molecule has 3 rings (SSSR count). The maximum atomic E-state index is 14.7. The number of benzene rings is 2. The van der Waals surface area contributed by atoms with Crippen LogP contribution in [0.25, 0.3) is 6.08 Å². The number of methoxy groups -OCH3 is 1. The van der Waals surface area contributed by atoms with E-state index in [9.17, 15) is 28.6 Å². The van der Waals surface area contributed by atoms with E-state index in [1.165, 1.54) is 49.3 Å². The highest BCUT2D eigenvalue weighted by atomic mass is 19.1. The second kappa shape index (κ2) is 16.6. The van der Waals surface area contributed by atoms with Gasteiger partial charge in [0.05, 0.1) is 12.6 Å². The van der Waals surface area contributed by atoms with Gasteiger partial charge in [0.2, 0.25) is 11.8 Å². The summed E-state index contributed by atoms with van der Waals surface area (Å²) >= 11 is 0. The molecule has 0 aromatic heterocycles. The van der Waals surface area contributed by atoms with Crippen LogP contribution in [-0.4, -0.2) is 90.1 Å². The van der Waals surface area contributed by atoms with E-state index < -0.39 is 36.0 Å². The van der Waals surface area contributed by atoms with Gasteiger partial charge in [-0.15, -0.1) is 0 Å². The average molecular weight is 603 g/mol. The number of hydrogen-bond donors (Lipinski definition) is 2. The third-order valence-electron chi connectivity index (χ3n) is 7.92. The van der Waals surface area contributed by atoms with Crippen LogP contribution in [0.5, 0.6) is 0 Å². The number of aliphatic hydroxyl groups is 2. The Labute approximate surface area is 252 Å². The minimum atomic E-state index is -1.31. The van der Waals surface area contributed by atoms with Crippen molar-refractivity contribution in [2.24, 2.45) is 11.8 Å². The van der Waals surface area contributed by atoms with Crippen LogP contribution in [-0.2, 0) is 19.1 Å². The lowest BCUT2D eigenvalue weighted by Gasteiger charge is -2.42. The minimum absolute atomic E-state index is 0.0173. The van der Waals surface area contributed by atoms with E-state index in [4.69, 9.17) is 9.47 Å². The SMILES string of the molecule is CO[C@@H]1CN(C(C)=O)C[C@H](C(C)C)[C@@H](c2cccc(F)c2)N(C(=O)/C=C/c2cccc(F)c2)CCCCOC[C@@H](O)[C@H]1O. The molecule has 0 saturated carbocycles. The van der Waals surface area contributed by atoms with Crippen LogP contribution in [0.3, 0.4) is 0 Å². The van der Waals surface area contributed by atoms with Crippen molar-refractivity contribution in [3.63, 3.8) is 0 Å². The van der Waals surface area contributed by atoms with Crippen LogP contribution in [0.2, 0.25) is 0 Å². The fraction of sp³-hybridized carbons (Fsp3) is 0.515. The molecule has 0 unspecified atom stereocenters. The van der Waals surface area contributed by atoms with Crippen molar-refractivity contribution in [1.82, 2.24) is 9.80 Å². The number of aliphatic hydroxyl groups excluding tert-OH is 2. The van der Waals surface area contributed by atoms with Gasteiger partial charge in [-0.25, -0.2) is 8.78 Å². The number of halogens is 2. The molecule has 43 heavy (non-hydrogen) atoms. The van der Waals surface area contributed by atoms with E-state index in [-0.39, 0.29) is 50.0 Å². The van der Waals surface area contributed by atoms with Gasteiger partial charge < -0.3 is 29.5 Å². The number of rotatable bonds is 5. The Hall–Kier alpha value is -3.18. The molecule has 10 heteroatoms. The normalized spacial score (nSPS) is 25.0. The Morgan fingerprint density at radius 3 is 2.37 bits per heavy atom. The molecule has 236 valence electrons. The Morgan fingerprint density at radius 2 is 1.74 bits per heavy atom. The molecule has 1 aliphatic rings. The second-order valence-corrected chi connectivity index (χ2v) is 11.4. The van der Waals surface area contributed by atoms with Gasteiger partial charge in [-0.05, 0) is 60.2 Å². The molecule has 0 aliphatic carbocycles. The molecule has 1 saturated heterocycles. The Kier molecular flexibility index (Phi) is 13.3. The average Bonchev–Trinajstić information content (AvgIpc) is 2.97. The van der Waals surface area contributed by atoms with Crippen molar-refractivity contribution in [2.45, 2.75) is 58.0 Å². The first kappa shape index (κ1) is 34.3. The molecule has 5 atom stereocenters. The summed E-state index contributed by atoms with van der Waals surface area (Å²) < 4.78 is 39.6. The van der Waals surface area contributed by atoms with E-state index in [2.05, 4.69) is 0 Å². The zero-order chi connectivity index (χ0) is 31.5. The van der Waals surface area contributed by atoms with Gasteiger partial charge in [0.1, 0.15) is 29.9 Å². The molecule has 8 nitrogen and oxygen atoms in total. The van der Waals surface area contributed by atoms with Crippen molar-refractivity contribution < 1.29 is 38.1 Å². The Bertz CT molecular complexity index is 1230. The summed E-state index contributed by atoms with van der Waals surface area (Å²) in [6.07, 6.45) is 0.585. The van der Waals surface area contributed by atoms with Gasteiger partial charge in [-0.3, -0.25) is 9.59 Å². The Morgan fingerprint density at radius 1 is 1.05 bits per heavy atom. The Balaban J connectivity index is 2.11. The molecule has 1 aliphatic heterocycles. The summed E-state index contributed by atoms with van der Waals surface area (Å²) in [6, 6.07) is 11.4. The molecule has 2 amide bonds. The molecule has 1 heterocycles. The smallest absolute Gasteiger partial charge is 0.247 e. The van der Waals surface area contributed by atoms with Crippen molar-refractivity contribution in [3.05, 3.63) is 77.4 Å². The summed E-state index contributed by atoms with van der Waals surface area (Å²) in [5.41, 5.74) is 1.10. The van der Waals surface area contributed by atoms with Gasteiger partial charge >= 0.3 is 0 Å². The third kappa shape index (κ3) is 9.92. The van der Waals surface area contributed by atoms with Crippen LogP contribution in [0.15, 0.2) is 54.6 Å². The van der Waals surface area contributed by atoms with E-state index >= 15 is 0 Å². The van der Waals surface area contributed by atoms with E-state index in [0.29, 0.717) is 30.5 Å². The summed E-state index contributed by atoms with van der Waals surface area (Å²) in [6.45, 7) is 5.98. The number of carbonyl (C=O) groups excluding carboxylic acids is 2. The predicted molar refractivity (Wildman–Crippen MR) is 160 cm³/mol. The first-order valence-corrected chi connectivity index (χ1v) is 14.7. The monoisotopic (exact) mass is 602 g/mol. The fourth-order valence-corrected chi connectivity index (χ4v) is 5.45. The number of amides is 2. The van der Waals surface area contributed by atoms with Crippen molar-refractivity contribution in [3.8, 4) is 0 Å². The van der Waals surface area contributed by atoms with Gasteiger partial charge in [0.15, 0.2) is 0 Å². The van der Waals surface area contributed by atoms with Crippen LogP contribution < -0.4 is 0 Å². The van der Waals surface area contributed by atoms with Gasteiger partial charge in [0, 0.05) is 52.3 Å². The summed E-state index contributed by atoms with van der Waals surface area (Å²) in [7, 11) is 1.40. The van der Waals surface area contributed by atoms with Crippen molar-refractivity contribution in [1.29, 1.82) is 0 Å². The molecule has 1 fully saturated rings. The predicted octanol–water partition coefficient (Wildman–Crippen LogP) is 4.22. The lowest BCUT2D eigenvalue weighted by Crippen LogP contribution is -2.51. The number of hydrogen-bond acceptors (Lipinski definition) is 6. The topological polar surface area (TPSA) is 99.5 Å². The number of carbonyl (C=O) groups is 2. The van der Waals surface area contributed by atoms with E-state index in [1.54, 1.807) is 35.2 Å². The quantitative estimate of drug-likeness (QED) is 0.498. The standard InChI is InChI=1S/C33H44F2N2O6/c1-22(2)28-19-36(23(3)38)20-30(42-4)33(41)29(39)21-43-16-6-5-15-37(32(28)25-10-8-12-27(35)18-25)31(40)14-13-24-9-7-11-26(34)17-24/h7-14,17-18,22,28-30,32-33,39,41H,5-6,15-16,19-21H2,1-4H3/b14-13+/t28-,29-,30-,32-,33-/m1/s1. The molecule has 2 aromatic carbocycles. The lowest BCUT2D eigenvalue weighted by atomic mass is 9.82. The third-order valence-corrected chi connectivity index (χ3v) is 7.92. The first-order valence-electron chi connectivity index (χ1n) is 14.7. The zero-order valence-electron chi connectivity index (χ0n) is 25.4. The molecule has 2 aromatic rings. The first-order chi connectivity index (χ1) is 20.5. The maximum Gasteiger partial charge on any atom is 0.247 e. The maximum absolute atomic E-state index is 14.7. The van der Waals surface area contributed by atoms with Crippen molar-refractivity contribution in [2.75, 3.05) is 40.0 Å². The summed E-state index contributed by atoms with van der Waals surface area (Å²) in [4.78, 5) is 30.1. The van der Waals surface area contributed by atoms with Gasteiger partial charge in [0.25, 0.3) is 0 Å². The molecular weight excluding hydrogens is 558 g/mol. The summed E-state index contributed by atoms with van der Waals surface area (Å²) in [5.74, 6) is -1.94. The molecule has 0 spiro atoms.